The lowest BCUT2D eigenvalue weighted by atomic mass is 10.0. The summed E-state index contributed by atoms with van der Waals surface area (Å²) < 4.78 is 24.7. The summed E-state index contributed by atoms with van der Waals surface area (Å²) in [6.45, 7) is 2.15. The summed E-state index contributed by atoms with van der Waals surface area (Å²) in [6, 6.07) is 16.8. The van der Waals surface area contributed by atoms with Gasteiger partial charge in [-0.1, -0.05) is 41.9 Å². The molecule has 0 amide bonds. The SMILES string of the molecule is Cc1cc(OCc2ccccc2Cl)cc2c1C(=O)/C(=C/c1ccc(F)cc1)O2. The first-order chi connectivity index (χ1) is 13.5. The van der Waals surface area contributed by atoms with Gasteiger partial charge in [0.25, 0.3) is 0 Å². The number of ketones is 1. The van der Waals surface area contributed by atoms with Crippen LogP contribution in [0.5, 0.6) is 11.5 Å². The van der Waals surface area contributed by atoms with Crippen molar-refractivity contribution in [3.05, 3.63) is 99.5 Å². The van der Waals surface area contributed by atoms with Crippen LogP contribution in [0.4, 0.5) is 4.39 Å². The molecule has 140 valence electrons. The van der Waals surface area contributed by atoms with Crippen LogP contribution < -0.4 is 9.47 Å². The van der Waals surface area contributed by atoms with E-state index in [4.69, 9.17) is 21.1 Å². The summed E-state index contributed by atoms with van der Waals surface area (Å²) in [7, 11) is 0. The normalized spacial score (nSPS) is 14.1. The van der Waals surface area contributed by atoms with Crippen molar-refractivity contribution in [3.63, 3.8) is 0 Å². The maximum absolute atomic E-state index is 13.1. The first kappa shape index (κ1) is 18.3. The van der Waals surface area contributed by atoms with E-state index in [0.29, 0.717) is 34.3 Å². The van der Waals surface area contributed by atoms with Gasteiger partial charge >= 0.3 is 0 Å². The number of allylic oxidation sites excluding steroid dienone is 1. The van der Waals surface area contributed by atoms with Crippen molar-refractivity contribution in [2.75, 3.05) is 0 Å². The molecule has 0 saturated carbocycles. The number of ether oxygens (including phenoxy) is 2. The number of carbonyl (C=O) groups excluding carboxylic acids is 1. The number of hydrogen-bond acceptors (Lipinski definition) is 3. The number of aryl methyl sites for hydroxylation is 1. The van der Waals surface area contributed by atoms with Crippen molar-refractivity contribution in [3.8, 4) is 11.5 Å². The Kier molecular flexibility index (Phi) is 4.88. The summed E-state index contributed by atoms with van der Waals surface area (Å²) in [5.41, 5.74) is 2.83. The molecule has 0 aliphatic carbocycles. The molecule has 3 aromatic carbocycles. The predicted octanol–water partition coefficient (Wildman–Crippen LogP) is 5.98. The van der Waals surface area contributed by atoms with Crippen LogP contribution in [0.15, 0.2) is 66.4 Å². The molecule has 0 fully saturated rings. The number of Topliss-reactive ketones (excluding diaryl/α,β-unsaturated/α-hetero) is 1. The second-order valence-electron chi connectivity index (χ2n) is 6.48. The number of benzene rings is 3. The van der Waals surface area contributed by atoms with Crippen molar-refractivity contribution >= 4 is 23.5 Å². The highest BCUT2D eigenvalue weighted by Gasteiger charge is 2.30. The van der Waals surface area contributed by atoms with Crippen molar-refractivity contribution in [2.45, 2.75) is 13.5 Å². The van der Waals surface area contributed by atoms with Gasteiger partial charge in [-0.05, 0) is 48.4 Å². The van der Waals surface area contributed by atoms with Crippen molar-refractivity contribution in [1.29, 1.82) is 0 Å². The molecule has 4 rings (SSSR count). The van der Waals surface area contributed by atoms with E-state index in [0.717, 1.165) is 11.1 Å². The van der Waals surface area contributed by atoms with Gasteiger partial charge in [0, 0.05) is 16.7 Å². The van der Waals surface area contributed by atoms with E-state index in [1.165, 1.54) is 12.1 Å². The molecule has 1 aliphatic rings. The van der Waals surface area contributed by atoms with Gasteiger partial charge in [-0.25, -0.2) is 4.39 Å². The van der Waals surface area contributed by atoms with Gasteiger partial charge in [0.15, 0.2) is 5.76 Å². The smallest absolute Gasteiger partial charge is 0.232 e. The maximum Gasteiger partial charge on any atom is 0.232 e. The van der Waals surface area contributed by atoms with Crippen LogP contribution >= 0.6 is 11.6 Å². The van der Waals surface area contributed by atoms with E-state index in [-0.39, 0.29) is 17.4 Å². The second-order valence-corrected chi connectivity index (χ2v) is 6.89. The Labute approximate surface area is 167 Å². The average Bonchev–Trinajstić information content (AvgIpc) is 2.99. The van der Waals surface area contributed by atoms with Gasteiger partial charge in [0.1, 0.15) is 23.9 Å². The van der Waals surface area contributed by atoms with Gasteiger partial charge in [0.05, 0.1) is 5.56 Å². The van der Waals surface area contributed by atoms with Crippen LogP contribution in [0.25, 0.3) is 6.08 Å². The number of carbonyl (C=O) groups is 1. The molecule has 0 aromatic heterocycles. The number of halogens is 2. The third-order valence-corrected chi connectivity index (χ3v) is 4.83. The zero-order chi connectivity index (χ0) is 19.7. The third kappa shape index (κ3) is 3.64. The molecule has 5 heteroatoms. The van der Waals surface area contributed by atoms with E-state index in [9.17, 15) is 9.18 Å². The van der Waals surface area contributed by atoms with E-state index < -0.39 is 0 Å². The highest BCUT2D eigenvalue weighted by molar-refractivity contribution is 6.31. The lowest BCUT2D eigenvalue weighted by molar-refractivity contribution is 0.101. The lowest BCUT2D eigenvalue weighted by Crippen LogP contribution is -2.00. The van der Waals surface area contributed by atoms with E-state index in [1.54, 1.807) is 30.3 Å². The summed E-state index contributed by atoms with van der Waals surface area (Å²) >= 11 is 6.16. The largest absolute Gasteiger partial charge is 0.489 e. The Morgan fingerprint density at radius 3 is 2.61 bits per heavy atom. The molecular weight excluding hydrogens is 379 g/mol. The van der Waals surface area contributed by atoms with Gasteiger partial charge in [0.2, 0.25) is 5.78 Å². The molecule has 1 aliphatic heterocycles. The van der Waals surface area contributed by atoms with Crippen molar-refractivity contribution in [1.82, 2.24) is 0 Å². The maximum atomic E-state index is 13.1. The van der Waals surface area contributed by atoms with Crippen molar-refractivity contribution in [2.24, 2.45) is 0 Å². The van der Waals surface area contributed by atoms with Crippen LogP contribution in [0.3, 0.4) is 0 Å². The average molecular weight is 395 g/mol. The minimum absolute atomic E-state index is 0.200. The third-order valence-electron chi connectivity index (χ3n) is 4.46. The zero-order valence-electron chi connectivity index (χ0n) is 15.0. The quantitative estimate of drug-likeness (QED) is 0.510. The molecule has 3 aromatic rings. The van der Waals surface area contributed by atoms with E-state index in [1.807, 2.05) is 31.2 Å². The van der Waals surface area contributed by atoms with E-state index in [2.05, 4.69) is 0 Å². The fourth-order valence-electron chi connectivity index (χ4n) is 3.05. The minimum atomic E-state index is -0.333. The molecule has 0 N–H and O–H groups in total. The highest BCUT2D eigenvalue weighted by atomic mass is 35.5. The standard InChI is InChI=1S/C23H16ClFO3/c1-14-10-18(27-13-16-4-2-3-5-19(16)24)12-20-22(14)23(26)21(28-20)11-15-6-8-17(25)9-7-15/h2-12H,13H2,1H3/b21-11-. The minimum Gasteiger partial charge on any atom is -0.489 e. The van der Waals surface area contributed by atoms with Gasteiger partial charge < -0.3 is 9.47 Å². The van der Waals surface area contributed by atoms with Crippen molar-refractivity contribution < 1.29 is 18.7 Å². The molecule has 1 heterocycles. The summed E-state index contributed by atoms with van der Waals surface area (Å²) in [4.78, 5) is 12.7. The Morgan fingerprint density at radius 2 is 1.86 bits per heavy atom. The van der Waals surface area contributed by atoms with Gasteiger partial charge in [-0.3, -0.25) is 4.79 Å². The van der Waals surface area contributed by atoms with Crippen LogP contribution in [0, 0.1) is 12.7 Å². The molecule has 0 saturated heterocycles. The molecule has 0 atom stereocenters. The summed E-state index contributed by atoms with van der Waals surface area (Å²) in [6.07, 6.45) is 1.60. The van der Waals surface area contributed by atoms with E-state index >= 15 is 0 Å². The fourth-order valence-corrected chi connectivity index (χ4v) is 3.24. The Bertz CT molecular complexity index is 1090. The van der Waals surface area contributed by atoms with Crippen LogP contribution in [-0.4, -0.2) is 5.78 Å². The molecule has 0 bridgehead atoms. The zero-order valence-corrected chi connectivity index (χ0v) is 15.8. The van der Waals surface area contributed by atoms with Crippen LogP contribution in [0.1, 0.15) is 27.0 Å². The molecule has 0 unspecified atom stereocenters. The highest BCUT2D eigenvalue weighted by Crippen LogP contribution is 2.37. The Balaban J connectivity index is 1.57. The number of fused-ring (bicyclic) bond motifs is 1. The Hall–Kier alpha value is -3.11. The lowest BCUT2D eigenvalue weighted by Gasteiger charge is -2.10. The Morgan fingerprint density at radius 1 is 1.11 bits per heavy atom. The predicted molar refractivity (Wildman–Crippen MR) is 106 cm³/mol. The number of rotatable bonds is 4. The molecule has 3 nitrogen and oxygen atoms in total. The van der Waals surface area contributed by atoms with Gasteiger partial charge in [-0.15, -0.1) is 0 Å². The summed E-state index contributed by atoms with van der Waals surface area (Å²) in [5, 5.41) is 0.635. The molecular formula is C23H16ClFO3. The molecule has 0 radical (unpaired) electrons. The first-order valence-electron chi connectivity index (χ1n) is 8.72. The van der Waals surface area contributed by atoms with Gasteiger partial charge in [-0.2, -0.15) is 0 Å². The topological polar surface area (TPSA) is 35.5 Å². The van der Waals surface area contributed by atoms with Crippen LogP contribution in [-0.2, 0) is 6.61 Å². The fraction of sp³-hybridized carbons (Fsp3) is 0.0870. The molecule has 28 heavy (non-hydrogen) atoms. The monoisotopic (exact) mass is 394 g/mol. The van der Waals surface area contributed by atoms with Crippen LogP contribution in [0.2, 0.25) is 5.02 Å². The number of hydrogen-bond donors (Lipinski definition) is 0. The second kappa shape index (κ2) is 7.49. The first-order valence-corrected chi connectivity index (χ1v) is 9.10. The summed E-state index contributed by atoms with van der Waals surface area (Å²) in [5.74, 6) is 0.710. The molecule has 0 spiro atoms.